The van der Waals surface area contributed by atoms with E-state index in [-0.39, 0.29) is 5.78 Å². The van der Waals surface area contributed by atoms with Crippen LogP contribution in [-0.4, -0.2) is 77.1 Å². The molecule has 5 atom stereocenters. The smallest absolute Gasteiger partial charge is 0.245 e. The lowest BCUT2D eigenvalue weighted by atomic mass is 10.1. The Balaban J connectivity index is 4.90. The summed E-state index contributed by atoms with van der Waals surface area (Å²) in [5, 5.41) is 29.6. The molecule has 0 aliphatic rings. The van der Waals surface area contributed by atoms with Gasteiger partial charge in [0, 0.05) is 6.54 Å². The Morgan fingerprint density at radius 3 is 1.97 bits per heavy atom. The number of amides is 3. The van der Waals surface area contributed by atoms with Gasteiger partial charge in [-0.15, -0.1) is 0 Å². The number of ketones is 1. The summed E-state index contributed by atoms with van der Waals surface area (Å²) in [6.07, 6.45) is 2.50. The average Bonchev–Trinajstić information content (AvgIpc) is 2.70. The lowest BCUT2D eigenvalue weighted by Gasteiger charge is -2.25. The van der Waals surface area contributed by atoms with Gasteiger partial charge in [0.15, 0.2) is 5.78 Å². The van der Waals surface area contributed by atoms with E-state index in [9.17, 15) is 29.4 Å². The first kappa shape index (κ1) is 29.5. The van der Waals surface area contributed by atoms with Gasteiger partial charge in [-0.1, -0.05) is 5.57 Å². The van der Waals surface area contributed by atoms with Gasteiger partial charge in [-0.05, 0) is 60.1 Å². The van der Waals surface area contributed by atoms with E-state index in [2.05, 4.69) is 21.3 Å². The maximum atomic E-state index is 12.5. The minimum atomic E-state index is -1.37. The van der Waals surface area contributed by atoms with Crippen molar-refractivity contribution in [2.75, 3.05) is 13.2 Å². The number of nitrogens with one attached hydrogen (secondary N) is 4. The molecule has 0 aliphatic carbocycles. The molecule has 11 nitrogen and oxygen atoms in total. The van der Waals surface area contributed by atoms with E-state index >= 15 is 0 Å². The van der Waals surface area contributed by atoms with Gasteiger partial charge in [0.05, 0.1) is 24.8 Å². The lowest BCUT2D eigenvalue weighted by Crippen LogP contribution is -2.60. The van der Waals surface area contributed by atoms with Crippen molar-refractivity contribution in [3.63, 3.8) is 0 Å². The summed E-state index contributed by atoms with van der Waals surface area (Å²) < 4.78 is 0. The van der Waals surface area contributed by atoms with E-state index in [1.54, 1.807) is 0 Å². The maximum absolute atomic E-state index is 12.5. The van der Waals surface area contributed by atoms with E-state index in [1.165, 1.54) is 20.8 Å². The summed E-state index contributed by atoms with van der Waals surface area (Å²) in [6, 6.07) is -4.40. The summed E-state index contributed by atoms with van der Waals surface area (Å²) in [5.74, 6) is -2.52. The third-order valence-corrected chi connectivity index (χ3v) is 4.55. The van der Waals surface area contributed by atoms with Crippen LogP contribution in [0.1, 0.15) is 53.9 Å². The van der Waals surface area contributed by atoms with Crippen molar-refractivity contribution in [1.29, 1.82) is 0 Å². The Morgan fingerprint density at radius 2 is 1.50 bits per heavy atom. The van der Waals surface area contributed by atoms with Crippen LogP contribution in [0.25, 0.3) is 0 Å². The molecule has 0 aromatic carbocycles. The topological polar surface area (TPSA) is 183 Å². The number of unbranched alkanes of at least 4 members (excludes halogenated alkanes) is 1. The molecule has 1 unspecified atom stereocenters. The molecule has 0 rings (SSSR count). The van der Waals surface area contributed by atoms with Crippen molar-refractivity contribution in [3.8, 4) is 0 Å². The van der Waals surface area contributed by atoms with E-state index in [0.717, 1.165) is 18.5 Å². The zero-order valence-electron chi connectivity index (χ0n) is 19.6. The summed E-state index contributed by atoms with van der Waals surface area (Å²) in [7, 11) is 0. The van der Waals surface area contributed by atoms with Gasteiger partial charge in [0.2, 0.25) is 17.7 Å². The zero-order valence-corrected chi connectivity index (χ0v) is 19.6. The van der Waals surface area contributed by atoms with Crippen molar-refractivity contribution < 1.29 is 29.4 Å². The second-order valence-corrected chi connectivity index (χ2v) is 8.10. The van der Waals surface area contributed by atoms with Crippen molar-refractivity contribution in [1.82, 2.24) is 21.3 Å². The predicted octanol–water partition coefficient (Wildman–Crippen LogP) is -1.57. The van der Waals surface area contributed by atoms with Crippen molar-refractivity contribution in [3.05, 3.63) is 11.8 Å². The fourth-order valence-corrected chi connectivity index (χ4v) is 2.65. The Bertz CT molecular complexity index is 661. The highest BCUT2D eigenvalue weighted by molar-refractivity contribution is 5.94. The Hall–Kier alpha value is -2.50. The van der Waals surface area contributed by atoms with Gasteiger partial charge in [-0.25, -0.2) is 0 Å². The molecular weight excluding hydrogens is 418 g/mol. The Kier molecular flexibility index (Phi) is 14.1. The van der Waals surface area contributed by atoms with Crippen molar-refractivity contribution >= 4 is 23.5 Å². The quantitative estimate of drug-likeness (QED) is 0.144. The number of nitrogens with two attached hydrogens (primary N) is 1. The number of carbonyl (C=O) groups excluding carboxylic acids is 4. The number of aliphatic hydroxyl groups excluding tert-OH is 2. The normalized spacial score (nSPS) is 15.4. The number of carbonyl (C=O) groups is 4. The number of allylic oxidation sites excluding steroid dienone is 1. The van der Waals surface area contributed by atoms with Gasteiger partial charge in [-0.3, -0.25) is 19.2 Å². The van der Waals surface area contributed by atoms with Crippen LogP contribution < -0.4 is 27.0 Å². The maximum Gasteiger partial charge on any atom is 0.245 e. The van der Waals surface area contributed by atoms with Crippen LogP contribution in [0.2, 0.25) is 0 Å². The first-order valence-electron chi connectivity index (χ1n) is 10.7. The summed E-state index contributed by atoms with van der Waals surface area (Å²) in [6.45, 7) is 8.00. The minimum Gasteiger partial charge on any atom is -0.394 e. The SMILES string of the molecule is CC(=O)[C@H](CCCCNC=C(C)C)NC(=O)[C@H](CO)NC(=O)[C@@H](NC(=O)[C@H](C)N)C(C)O. The number of Topliss-reactive ketones (excluding diaryl/α,β-unsaturated/α-hetero) is 1. The highest BCUT2D eigenvalue weighted by atomic mass is 16.3. The van der Waals surface area contributed by atoms with E-state index < -0.39 is 54.6 Å². The first-order chi connectivity index (χ1) is 14.9. The number of hydrogen-bond acceptors (Lipinski definition) is 8. The molecule has 0 fully saturated rings. The Morgan fingerprint density at radius 1 is 0.906 bits per heavy atom. The molecule has 32 heavy (non-hydrogen) atoms. The van der Waals surface area contributed by atoms with Crippen LogP contribution in [-0.2, 0) is 19.2 Å². The second-order valence-electron chi connectivity index (χ2n) is 8.10. The van der Waals surface area contributed by atoms with Crippen LogP contribution in [0.4, 0.5) is 0 Å². The summed E-state index contributed by atoms with van der Waals surface area (Å²) in [5.41, 5.74) is 6.60. The molecule has 0 heterocycles. The molecule has 0 saturated carbocycles. The highest BCUT2D eigenvalue weighted by Gasteiger charge is 2.31. The van der Waals surface area contributed by atoms with Crippen LogP contribution in [0.5, 0.6) is 0 Å². The van der Waals surface area contributed by atoms with Gasteiger partial charge >= 0.3 is 0 Å². The largest absolute Gasteiger partial charge is 0.394 e. The zero-order chi connectivity index (χ0) is 24.8. The molecule has 0 aromatic heterocycles. The molecule has 0 radical (unpaired) electrons. The fourth-order valence-electron chi connectivity index (χ4n) is 2.65. The first-order valence-corrected chi connectivity index (χ1v) is 10.7. The van der Waals surface area contributed by atoms with Crippen LogP contribution in [0.3, 0.4) is 0 Å². The molecule has 0 aliphatic heterocycles. The molecule has 0 spiro atoms. The molecule has 8 N–H and O–H groups in total. The molecule has 184 valence electrons. The standard InChI is InChI=1S/C21H39N5O6/c1-12(2)10-23-9-7-6-8-16(14(4)28)24-20(31)17(11-27)25-21(32)18(15(5)29)26-19(30)13(3)22/h10,13,15-18,23,27,29H,6-9,11,22H2,1-5H3,(H,24,31)(H,25,32)(H,26,30)/t13-,15?,16-,17-,18-/m0/s1. The molecule has 11 heteroatoms. The van der Waals surface area contributed by atoms with Crippen LogP contribution >= 0.6 is 0 Å². The molecule has 0 aromatic rings. The Labute approximate surface area is 189 Å². The van der Waals surface area contributed by atoms with E-state index in [1.807, 2.05) is 20.0 Å². The summed E-state index contributed by atoms with van der Waals surface area (Å²) in [4.78, 5) is 48.7. The van der Waals surface area contributed by atoms with E-state index in [0.29, 0.717) is 12.8 Å². The third kappa shape index (κ3) is 11.8. The second kappa shape index (κ2) is 15.3. The average molecular weight is 458 g/mol. The minimum absolute atomic E-state index is 0.246. The van der Waals surface area contributed by atoms with Gasteiger partial charge < -0.3 is 37.2 Å². The fraction of sp³-hybridized carbons (Fsp3) is 0.714. The molecular formula is C21H39N5O6. The number of aliphatic hydroxyl groups is 2. The molecule has 0 bridgehead atoms. The monoisotopic (exact) mass is 457 g/mol. The molecule has 3 amide bonds. The summed E-state index contributed by atoms with van der Waals surface area (Å²) >= 11 is 0. The van der Waals surface area contributed by atoms with Gasteiger partial charge in [0.1, 0.15) is 12.1 Å². The highest BCUT2D eigenvalue weighted by Crippen LogP contribution is 2.04. The lowest BCUT2D eigenvalue weighted by molar-refractivity contribution is -0.135. The number of rotatable bonds is 15. The predicted molar refractivity (Wildman–Crippen MR) is 120 cm³/mol. The van der Waals surface area contributed by atoms with Gasteiger partial charge in [0.25, 0.3) is 0 Å². The molecule has 0 saturated heterocycles. The number of hydrogen-bond donors (Lipinski definition) is 7. The van der Waals surface area contributed by atoms with Gasteiger partial charge in [-0.2, -0.15) is 0 Å². The van der Waals surface area contributed by atoms with Crippen molar-refractivity contribution in [2.24, 2.45) is 5.73 Å². The third-order valence-electron chi connectivity index (χ3n) is 4.55. The van der Waals surface area contributed by atoms with E-state index in [4.69, 9.17) is 5.73 Å². The van der Waals surface area contributed by atoms with Crippen LogP contribution in [0.15, 0.2) is 11.8 Å². The van der Waals surface area contributed by atoms with Crippen molar-refractivity contribution in [2.45, 2.75) is 84.2 Å². The van der Waals surface area contributed by atoms with Crippen LogP contribution in [0, 0.1) is 0 Å².